The van der Waals surface area contributed by atoms with Gasteiger partial charge in [0.05, 0.1) is 23.3 Å². The van der Waals surface area contributed by atoms with Gasteiger partial charge < -0.3 is 0 Å². The van der Waals surface area contributed by atoms with Gasteiger partial charge in [-0.3, -0.25) is 0 Å². The highest BCUT2D eigenvalue weighted by Crippen LogP contribution is 2.35. The van der Waals surface area contributed by atoms with Gasteiger partial charge in [0.25, 0.3) is 0 Å². The van der Waals surface area contributed by atoms with Gasteiger partial charge in [0.2, 0.25) is 0 Å². The number of hydrogen-bond acceptors (Lipinski definition) is 4. The number of aryl methyl sites for hydroxylation is 3. The summed E-state index contributed by atoms with van der Waals surface area (Å²) in [4.78, 5) is 0. The fraction of sp³-hybridized carbons (Fsp3) is 0.115. The molecule has 6 heteroatoms. The van der Waals surface area contributed by atoms with Gasteiger partial charge in [-0.05, 0) is 49.6 Å². The minimum atomic E-state index is -4.94. The van der Waals surface area contributed by atoms with Gasteiger partial charge in [-0.2, -0.15) is 0 Å². The molecule has 0 saturated carbocycles. The van der Waals surface area contributed by atoms with Crippen LogP contribution < -0.4 is 18.6 Å². The largest absolute Gasteiger partial charge is 0.361 e. The quantitative estimate of drug-likeness (QED) is 0.446. The maximum Gasteiger partial charge on any atom is 0.361 e. The van der Waals surface area contributed by atoms with Crippen LogP contribution in [0.3, 0.4) is 0 Å². The van der Waals surface area contributed by atoms with Crippen molar-refractivity contribution in [3.8, 4) is 33.8 Å². The van der Waals surface area contributed by atoms with Gasteiger partial charge in [-0.15, -0.1) is 10.2 Å². The number of benzene rings is 3. The molecule has 3 aromatic carbocycles. The van der Waals surface area contributed by atoms with Crippen molar-refractivity contribution in [3.63, 3.8) is 0 Å². The van der Waals surface area contributed by atoms with Crippen LogP contribution >= 0.6 is 0 Å². The van der Waals surface area contributed by atoms with Gasteiger partial charge in [0.15, 0.2) is 0 Å². The molecule has 0 aliphatic heterocycles. The molecule has 0 fully saturated rings. The molecule has 0 N–H and O–H groups in total. The average molecular weight is 451 g/mol. The first-order chi connectivity index (χ1) is 15.1. The molecule has 0 amide bonds. The summed E-state index contributed by atoms with van der Waals surface area (Å²) in [6.07, 6.45) is 0. The summed E-state index contributed by atoms with van der Waals surface area (Å²) in [5.41, 5.74) is 8.36. The zero-order valence-corrected chi connectivity index (χ0v) is 18.8. The molecule has 0 atom stereocenters. The Morgan fingerprint density at radius 3 is 1.50 bits per heavy atom. The van der Waals surface area contributed by atoms with Crippen LogP contribution in [0.2, 0.25) is 0 Å². The zero-order chi connectivity index (χ0) is 23.3. The summed E-state index contributed by atoms with van der Waals surface area (Å²) in [6.45, 7) is 6.45. The van der Waals surface area contributed by atoms with Crippen molar-refractivity contribution in [2.45, 2.75) is 20.8 Å². The second-order valence-corrected chi connectivity index (χ2v) is 8.21. The molecule has 164 valence electrons. The molecule has 4 aromatic rings. The van der Waals surface area contributed by atoms with E-state index < -0.39 is 10.2 Å². The Morgan fingerprint density at radius 2 is 1.00 bits per heavy atom. The summed E-state index contributed by atoms with van der Waals surface area (Å²) < 4.78 is 40.4. The maximum atomic E-state index is 8.49. The lowest BCUT2D eigenvalue weighted by atomic mass is 9.95. The van der Waals surface area contributed by atoms with E-state index in [4.69, 9.17) is 23.1 Å². The van der Waals surface area contributed by atoms with E-state index in [1.165, 1.54) is 27.8 Å². The van der Waals surface area contributed by atoms with E-state index in [9.17, 15) is 0 Å². The molecule has 0 spiro atoms. The molecule has 0 saturated heterocycles. The van der Waals surface area contributed by atoms with Crippen LogP contribution in [0, 0.1) is 31.0 Å². The molecule has 32 heavy (non-hydrogen) atoms. The first kappa shape index (κ1) is 23.6. The van der Waals surface area contributed by atoms with Crippen LogP contribution in [0.1, 0.15) is 16.7 Å². The number of rotatable bonds is 3. The van der Waals surface area contributed by atoms with Gasteiger partial charge >= 0.3 is 11.5 Å². The molecular weight excluding hydrogens is 428 g/mol. The lowest BCUT2D eigenvalue weighted by Gasteiger charge is -2.17. The normalized spacial score (nSPS) is 11.0. The van der Waals surface area contributed by atoms with Crippen LogP contribution in [0.25, 0.3) is 33.8 Å². The van der Waals surface area contributed by atoms with Crippen LogP contribution in [0.15, 0.2) is 89.3 Å². The van der Waals surface area contributed by atoms with Gasteiger partial charge in [0, 0.05) is 5.56 Å². The third-order valence-electron chi connectivity index (χ3n) is 4.88. The number of halogens is 1. The third-order valence-corrected chi connectivity index (χ3v) is 4.88. The first-order valence-electron chi connectivity index (χ1n) is 9.91. The minimum Gasteiger partial charge on any atom is -0.222 e. The molecule has 1 aromatic heterocycles. The molecule has 4 rings (SSSR count). The summed E-state index contributed by atoms with van der Waals surface area (Å²) >= 11 is 0. The van der Waals surface area contributed by atoms with Crippen LogP contribution in [-0.4, -0.2) is 0 Å². The van der Waals surface area contributed by atoms with Crippen molar-refractivity contribution >= 4 is 0 Å². The average Bonchev–Trinajstić information content (AvgIpc) is 2.73. The highest BCUT2D eigenvalue weighted by molar-refractivity contribution is 5.76. The predicted molar refractivity (Wildman–Crippen MR) is 114 cm³/mol. The molecule has 0 bridgehead atoms. The Balaban J connectivity index is 0.000000523. The lowest BCUT2D eigenvalue weighted by molar-refractivity contribution is -2.00. The smallest absolute Gasteiger partial charge is 0.222 e. The Bertz CT molecular complexity index is 1100. The van der Waals surface area contributed by atoms with E-state index in [2.05, 4.69) is 81.4 Å². The van der Waals surface area contributed by atoms with Crippen molar-refractivity contribution in [3.05, 3.63) is 102 Å². The Morgan fingerprint density at radius 1 is 0.562 bits per heavy atom. The summed E-state index contributed by atoms with van der Waals surface area (Å²) in [7, 11) is -4.94. The Hall–Kier alpha value is -3.06. The van der Waals surface area contributed by atoms with E-state index >= 15 is 0 Å². The fourth-order valence-electron chi connectivity index (χ4n) is 3.74. The predicted octanol–water partition coefficient (Wildman–Crippen LogP) is 2.73. The summed E-state index contributed by atoms with van der Waals surface area (Å²) in [6, 6.07) is 29.5. The molecule has 0 aliphatic carbocycles. The van der Waals surface area contributed by atoms with E-state index in [0.717, 1.165) is 22.6 Å². The standard InChI is InChI=1S/C26H23O.ClHO4/c1-18-14-19(2)26(20(3)15-18)25-17-23(21-10-6-4-7-11-21)16-24(27-25)22-12-8-5-9-13-22;2-1(3,4)5/h4-17H,1-3H3;(H,2,3,4,5)/q+1;/p-1. The molecule has 5 nitrogen and oxygen atoms in total. The fourth-order valence-corrected chi connectivity index (χ4v) is 3.74. The Kier molecular flexibility index (Phi) is 7.40. The maximum absolute atomic E-state index is 8.49. The first-order valence-corrected chi connectivity index (χ1v) is 11.1. The molecule has 0 aliphatic rings. The van der Waals surface area contributed by atoms with Crippen molar-refractivity contribution < 1.29 is 33.3 Å². The van der Waals surface area contributed by atoms with E-state index in [-0.39, 0.29) is 0 Å². The van der Waals surface area contributed by atoms with E-state index in [1.54, 1.807) is 0 Å². The highest BCUT2D eigenvalue weighted by atomic mass is 35.7. The molecule has 0 unspecified atom stereocenters. The minimum absolute atomic E-state index is 0.881. The molecule has 0 radical (unpaired) electrons. The second kappa shape index (κ2) is 10.0. The summed E-state index contributed by atoms with van der Waals surface area (Å²) in [5, 5.41) is 0. The van der Waals surface area contributed by atoms with Gasteiger partial charge in [0.1, 0.15) is 0 Å². The number of hydrogen-bond donors (Lipinski definition) is 0. The second-order valence-electron chi connectivity index (χ2n) is 7.46. The Labute approximate surface area is 189 Å². The third kappa shape index (κ3) is 6.47. The van der Waals surface area contributed by atoms with Crippen LogP contribution in [0.5, 0.6) is 0 Å². The van der Waals surface area contributed by atoms with Crippen molar-refractivity contribution in [1.29, 1.82) is 0 Å². The van der Waals surface area contributed by atoms with Crippen molar-refractivity contribution in [2.75, 3.05) is 0 Å². The van der Waals surface area contributed by atoms with Crippen molar-refractivity contribution in [1.82, 2.24) is 0 Å². The molecule has 1 heterocycles. The monoisotopic (exact) mass is 450 g/mol. The lowest BCUT2D eigenvalue weighted by Crippen LogP contribution is -2.68. The van der Waals surface area contributed by atoms with Crippen LogP contribution in [-0.2, 0) is 0 Å². The van der Waals surface area contributed by atoms with E-state index in [1.807, 2.05) is 24.3 Å². The molecular formula is C26H23ClO5. The van der Waals surface area contributed by atoms with Crippen LogP contribution in [0.4, 0.5) is 0 Å². The highest BCUT2D eigenvalue weighted by Gasteiger charge is 2.23. The van der Waals surface area contributed by atoms with Crippen molar-refractivity contribution in [2.24, 2.45) is 0 Å². The van der Waals surface area contributed by atoms with Gasteiger partial charge in [-0.1, -0.05) is 66.2 Å². The van der Waals surface area contributed by atoms with Gasteiger partial charge in [-0.25, -0.2) is 23.1 Å². The summed E-state index contributed by atoms with van der Waals surface area (Å²) in [5.74, 6) is 1.79. The SMILES string of the molecule is Cc1cc(C)c(-c2cc(-c3ccccc3)cc(-c3ccccc3)[o+]2)c(C)c1.[O-][Cl+3]([O-])([O-])[O-]. The zero-order valence-electron chi connectivity index (χ0n) is 18.0. The topological polar surface area (TPSA) is 104 Å². The van der Waals surface area contributed by atoms with E-state index in [0.29, 0.717) is 0 Å².